The molecule has 0 spiro atoms. The molecule has 1 atom stereocenters. The van der Waals surface area contributed by atoms with E-state index < -0.39 is 6.04 Å². The Balaban J connectivity index is 1.65. The van der Waals surface area contributed by atoms with Crippen LogP contribution in [0.15, 0.2) is 47.7 Å². The van der Waals surface area contributed by atoms with Crippen molar-refractivity contribution in [1.82, 2.24) is 10.4 Å². The zero-order chi connectivity index (χ0) is 18.7. The standard InChI is InChI=1S/C21H24N4O/c1-13-8-14(2)18(15(3)9-13)12-24-25-21(26)19(22)10-16-11-23-20-7-5-4-6-17(16)20/h4-9,11-12,19,23H,10,22H2,1-3H3,(H,25,26)/b24-12+/t19-/m0/s1. The molecule has 5 nitrogen and oxygen atoms in total. The second kappa shape index (κ2) is 7.54. The van der Waals surface area contributed by atoms with Crippen LogP contribution in [0.4, 0.5) is 0 Å². The number of aromatic amines is 1. The lowest BCUT2D eigenvalue weighted by atomic mass is 10.0. The lowest BCUT2D eigenvalue weighted by Crippen LogP contribution is -2.39. The van der Waals surface area contributed by atoms with Gasteiger partial charge >= 0.3 is 0 Å². The van der Waals surface area contributed by atoms with Gasteiger partial charge in [-0.1, -0.05) is 35.9 Å². The molecule has 0 saturated heterocycles. The number of aromatic nitrogens is 1. The predicted octanol–water partition coefficient (Wildman–Crippen LogP) is 3.11. The predicted molar refractivity (Wildman–Crippen MR) is 106 cm³/mol. The van der Waals surface area contributed by atoms with Gasteiger partial charge in [-0.2, -0.15) is 5.10 Å². The van der Waals surface area contributed by atoms with Crippen molar-refractivity contribution in [2.24, 2.45) is 10.8 Å². The number of carbonyl (C=O) groups is 1. The summed E-state index contributed by atoms with van der Waals surface area (Å²) in [5.41, 5.74) is 15.2. The number of nitrogens with zero attached hydrogens (tertiary/aromatic N) is 1. The molecule has 2 aromatic carbocycles. The summed E-state index contributed by atoms with van der Waals surface area (Å²) in [6.45, 7) is 6.13. The molecule has 1 amide bonds. The van der Waals surface area contributed by atoms with Gasteiger partial charge in [-0.3, -0.25) is 4.79 Å². The molecule has 1 aromatic heterocycles. The van der Waals surface area contributed by atoms with Crippen molar-refractivity contribution in [2.45, 2.75) is 33.2 Å². The fourth-order valence-electron chi connectivity index (χ4n) is 3.27. The highest BCUT2D eigenvalue weighted by atomic mass is 16.2. The van der Waals surface area contributed by atoms with Crippen LogP contribution in [0, 0.1) is 20.8 Å². The number of para-hydroxylation sites is 1. The van der Waals surface area contributed by atoms with Gasteiger partial charge in [0.05, 0.1) is 12.3 Å². The molecule has 0 saturated carbocycles. The first-order valence-corrected chi connectivity index (χ1v) is 8.67. The van der Waals surface area contributed by atoms with Crippen LogP contribution in [0.25, 0.3) is 10.9 Å². The third kappa shape index (κ3) is 3.83. The van der Waals surface area contributed by atoms with Gasteiger partial charge in [0.2, 0.25) is 0 Å². The summed E-state index contributed by atoms with van der Waals surface area (Å²) in [6.07, 6.45) is 4.04. The first-order chi connectivity index (χ1) is 12.5. The lowest BCUT2D eigenvalue weighted by Gasteiger charge is -2.10. The van der Waals surface area contributed by atoms with E-state index in [9.17, 15) is 4.79 Å². The third-order valence-corrected chi connectivity index (χ3v) is 4.56. The molecule has 0 aliphatic heterocycles. The van der Waals surface area contributed by atoms with Gasteiger partial charge in [0.15, 0.2) is 0 Å². The Morgan fingerprint density at radius 2 is 1.92 bits per heavy atom. The Kier molecular flexibility index (Phi) is 5.19. The van der Waals surface area contributed by atoms with E-state index in [1.165, 1.54) is 5.56 Å². The maximum absolute atomic E-state index is 12.3. The van der Waals surface area contributed by atoms with Gasteiger partial charge in [0.1, 0.15) is 0 Å². The van der Waals surface area contributed by atoms with Crippen molar-refractivity contribution in [1.29, 1.82) is 0 Å². The van der Waals surface area contributed by atoms with Crippen LogP contribution in [0.5, 0.6) is 0 Å². The number of nitrogens with two attached hydrogens (primary N) is 1. The number of nitrogens with one attached hydrogen (secondary N) is 2. The molecule has 0 aliphatic carbocycles. The van der Waals surface area contributed by atoms with Crippen LogP contribution in [-0.4, -0.2) is 23.1 Å². The Hall–Kier alpha value is -2.92. The number of aryl methyl sites for hydroxylation is 3. The summed E-state index contributed by atoms with van der Waals surface area (Å²) in [5.74, 6) is -0.297. The summed E-state index contributed by atoms with van der Waals surface area (Å²) >= 11 is 0. The normalized spacial score (nSPS) is 12.6. The number of hydrogen-bond donors (Lipinski definition) is 3. The van der Waals surface area contributed by atoms with Gasteiger partial charge in [0.25, 0.3) is 5.91 Å². The summed E-state index contributed by atoms with van der Waals surface area (Å²) < 4.78 is 0. The fraction of sp³-hybridized carbons (Fsp3) is 0.238. The smallest absolute Gasteiger partial charge is 0.257 e. The van der Waals surface area contributed by atoms with Crippen molar-refractivity contribution >= 4 is 23.0 Å². The number of amides is 1. The molecule has 0 fully saturated rings. The largest absolute Gasteiger partial charge is 0.361 e. The topological polar surface area (TPSA) is 83.3 Å². The Morgan fingerprint density at radius 1 is 1.23 bits per heavy atom. The van der Waals surface area contributed by atoms with Crippen LogP contribution in [0.2, 0.25) is 0 Å². The Morgan fingerprint density at radius 3 is 2.65 bits per heavy atom. The van der Waals surface area contributed by atoms with Crippen LogP contribution in [0.3, 0.4) is 0 Å². The Labute approximate surface area is 153 Å². The molecule has 0 bridgehead atoms. The average Bonchev–Trinajstić information content (AvgIpc) is 3.00. The maximum atomic E-state index is 12.3. The number of H-pyrrole nitrogens is 1. The average molecular weight is 348 g/mol. The minimum Gasteiger partial charge on any atom is -0.361 e. The van der Waals surface area contributed by atoms with Gasteiger partial charge in [-0.05, 0) is 49.9 Å². The van der Waals surface area contributed by atoms with E-state index in [1.807, 2.05) is 44.3 Å². The molecule has 1 heterocycles. The van der Waals surface area contributed by atoms with Crippen LogP contribution >= 0.6 is 0 Å². The number of hydrogen-bond acceptors (Lipinski definition) is 3. The van der Waals surface area contributed by atoms with E-state index in [1.54, 1.807) is 6.21 Å². The van der Waals surface area contributed by atoms with Crippen LogP contribution < -0.4 is 11.2 Å². The second-order valence-electron chi connectivity index (χ2n) is 6.72. The molecule has 3 aromatic rings. The second-order valence-corrected chi connectivity index (χ2v) is 6.72. The summed E-state index contributed by atoms with van der Waals surface area (Å²) in [5, 5.41) is 5.18. The zero-order valence-electron chi connectivity index (χ0n) is 15.3. The van der Waals surface area contributed by atoms with Gasteiger partial charge in [-0.15, -0.1) is 0 Å². The summed E-state index contributed by atoms with van der Waals surface area (Å²) in [4.78, 5) is 15.5. The Bertz CT molecular complexity index is 948. The minimum atomic E-state index is -0.661. The first-order valence-electron chi connectivity index (χ1n) is 8.67. The number of rotatable bonds is 5. The number of fused-ring (bicyclic) bond motifs is 1. The van der Waals surface area contributed by atoms with E-state index >= 15 is 0 Å². The summed E-state index contributed by atoms with van der Waals surface area (Å²) in [6, 6.07) is 11.5. The van der Waals surface area contributed by atoms with E-state index in [4.69, 9.17) is 5.73 Å². The van der Waals surface area contributed by atoms with Crippen molar-refractivity contribution in [3.05, 3.63) is 70.4 Å². The van der Waals surface area contributed by atoms with Crippen molar-refractivity contribution < 1.29 is 4.79 Å². The number of hydrazone groups is 1. The van der Waals surface area contributed by atoms with E-state index in [-0.39, 0.29) is 5.91 Å². The molecule has 0 unspecified atom stereocenters. The molecular weight excluding hydrogens is 324 g/mol. The monoisotopic (exact) mass is 348 g/mol. The SMILES string of the molecule is Cc1cc(C)c(/C=N/NC(=O)[C@@H](N)Cc2c[nH]c3ccccc23)c(C)c1. The van der Waals surface area contributed by atoms with Crippen molar-refractivity contribution in [2.75, 3.05) is 0 Å². The zero-order valence-corrected chi connectivity index (χ0v) is 15.3. The van der Waals surface area contributed by atoms with Gasteiger partial charge in [0, 0.05) is 22.7 Å². The molecule has 0 radical (unpaired) electrons. The fourth-order valence-corrected chi connectivity index (χ4v) is 3.27. The highest BCUT2D eigenvalue weighted by molar-refractivity contribution is 5.88. The highest BCUT2D eigenvalue weighted by Gasteiger charge is 2.15. The van der Waals surface area contributed by atoms with Gasteiger partial charge in [-0.25, -0.2) is 5.43 Å². The molecule has 4 N–H and O–H groups in total. The van der Waals surface area contributed by atoms with Gasteiger partial charge < -0.3 is 10.7 Å². The van der Waals surface area contributed by atoms with Crippen molar-refractivity contribution in [3.8, 4) is 0 Å². The molecule has 134 valence electrons. The highest BCUT2D eigenvalue weighted by Crippen LogP contribution is 2.18. The molecular formula is C21H24N4O. The summed E-state index contributed by atoms with van der Waals surface area (Å²) in [7, 11) is 0. The number of benzene rings is 2. The molecule has 26 heavy (non-hydrogen) atoms. The number of carbonyl (C=O) groups excluding carboxylic acids is 1. The first kappa shape index (κ1) is 17.9. The molecule has 5 heteroatoms. The van der Waals surface area contributed by atoms with E-state index in [0.29, 0.717) is 6.42 Å². The van der Waals surface area contributed by atoms with Crippen molar-refractivity contribution in [3.63, 3.8) is 0 Å². The maximum Gasteiger partial charge on any atom is 0.257 e. The van der Waals surface area contributed by atoms with E-state index in [0.717, 1.165) is 33.2 Å². The lowest BCUT2D eigenvalue weighted by molar-refractivity contribution is -0.122. The quantitative estimate of drug-likeness (QED) is 0.489. The molecule has 0 aliphatic rings. The van der Waals surface area contributed by atoms with E-state index in [2.05, 4.69) is 34.6 Å². The van der Waals surface area contributed by atoms with Crippen LogP contribution in [0.1, 0.15) is 27.8 Å². The minimum absolute atomic E-state index is 0.297. The molecule has 3 rings (SSSR count). The third-order valence-electron chi connectivity index (χ3n) is 4.56. The van der Waals surface area contributed by atoms with Crippen LogP contribution in [-0.2, 0) is 11.2 Å².